The van der Waals surface area contributed by atoms with E-state index in [4.69, 9.17) is 0 Å². The SMILES string of the molecule is CC(C)(C)NCCC=Cc1ccccc1F. The summed E-state index contributed by atoms with van der Waals surface area (Å²) >= 11 is 0. The van der Waals surface area contributed by atoms with Crippen LogP contribution in [0.5, 0.6) is 0 Å². The summed E-state index contributed by atoms with van der Waals surface area (Å²) < 4.78 is 13.2. The van der Waals surface area contributed by atoms with Gasteiger partial charge in [0.1, 0.15) is 5.82 Å². The third kappa shape index (κ3) is 5.08. The van der Waals surface area contributed by atoms with Crippen molar-refractivity contribution in [2.24, 2.45) is 0 Å². The first-order chi connectivity index (χ1) is 7.49. The molecule has 16 heavy (non-hydrogen) atoms. The van der Waals surface area contributed by atoms with Gasteiger partial charge < -0.3 is 5.32 Å². The Balaban J connectivity index is 2.36. The van der Waals surface area contributed by atoms with Gasteiger partial charge in [0, 0.05) is 11.1 Å². The standard InChI is InChI=1S/C14H20FN/c1-14(2,3)16-11-7-6-9-12-8-4-5-10-13(12)15/h4-6,8-10,16H,7,11H2,1-3H3. The molecule has 0 heterocycles. The summed E-state index contributed by atoms with van der Waals surface area (Å²) in [5, 5.41) is 3.38. The largest absolute Gasteiger partial charge is 0.312 e. The van der Waals surface area contributed by atoms with Crippen molar-refractivity contribution in [3.05, 3.63) is 41.7 Å². The van der Waals surface area contributed by atoms with Gasteiger partial charge in [-0.25, -0.2) is 4.39 Å². The van der Waals surface area contributed by atoms with E-state index < -0.39 is 0 Å². The van der Waals surface area contributed by atoms with Gasteiger partial charge >= 0.3 is 0 Å². The maximum absolute atomic E-state index is 13.2. The van der Waals surface area contributed by atoms with E-state index in [2.05, 4.69) is 26.1 Å². The Morgan fingerprint density at radius 1 is 1.25 bits per heavy atom. The summed E-state index contributed by atoms with van der Waals surface area (Å²) in [5.74, 6) is -0.164. The lowest BCUT2D eigenvalue weighted by Gasteiger charge is -2.19. The predicted molar refractivity (Wildman–Crippen MR) is 67.8 cm³/mol. The van der Waals surface area contributed by atoms with Crippen LogP contribution in [0.15, 0.2) is 30.3 Å². The molecular weight excluding hydrogens is 201 g/mol. The minimum atomic E-state index is -0.164. The van der Waals surface area contributed by atoms with Crippen LogP contribution in [0.3, 0.4) is 0 Å². The normalized spacial score (nSPS) is 12.2. The number of benzene rings is 1. The predicted octanol–water partition coefficient (Wildman–Crippen LogP) is 3.62. The van der Waals surface area contributed by atoms with Crippen LogP contribution in [0.1, 0.15) is 32.8 Å². The molecule has 1 aromatic rings. The minimum Gasteiger partial charge on any atom is -0.312 e. The van der Waals surface area contributed by atoms with E-state index in [9.17, 15) is 4.39 Å². The Bertz CT molecular complexity index is 350. The molecule has 0 saturated heterocycles. The van der Waals surface area contributed by atoms with Gasteiger partial charge in [0.2, 0.25) is 0 Å². The Kier molecular flexibility index (Phi) is 4.69. The number of hydrogen-bond acceptors (Lipinski definition) is 1. The van der Waals surface area contributed by atoms with E-state index in [1.165, 1.54) is 6.07 Å². The summed E-state index contributed by atoms with van der Waals surface area (Å²) in [6.45, 7) is 7.31. The third-order valence-corrected chi connectivity index (χ3v) is 2.17. The molecular formula is C14H20FN. The van der Waals surface area contributed by atoms with Gasteiger partial charge in [-0.2, -0.15) is 0 Å². The molecule has 0 radical (unpaired) electrons. The molecule has 0 bridgehead atoms. The van der Waals surface area contributed by atoms with Crippen LogP contribution in [0.25, 0.3) is 6.08 Å². The van der Waals surface area contributed by atoms with Gasteiger partial charge in [-0.05, 0) is 39.8 Å². The Morgan fingerprint density at radius 3 is 2.56 bits per heavy atom. The van der Waals surface area contributed by atoms with Gasteiger partial charge in [-0.3, -0.25) is 0 Å². The molecule has 1 nitrogen and oxygen atoms in total. The molecule has 0 aliphatic heterocycles. The first-order valence-corrected chi connectivity index (χ1v) is 5.65. The van der Waals surface area contributed by atoms with Crippen molar-refractivity contribution in [2.75, 3.05) is 6.54 Å². The van der Waals surface area contributed by atoms with Crippen LogP contribution in [-0.4, -0.2) is 12.1 Å². The van der Waals surface area contributed by atoms with E-state index in [-0.39, 0.29) is 11.4 Å². The van der Waals surface area contributed by atoms with Crippen molar-refractivity contribution >= 4 is 6.08 Å². The second kappa shape index (κ2) is 5.80. The average molecular weight is 221 g/mol. The molecule has 0 saturated carbocycles. The van der Waals surface area contributed by atoms with E-state index in [1.54, 1.807) is 12.1 Å². The highest BCUT2D eigenvalue weighted by Gasteiger charge is 2.06. The maximum Gasteiger partial charge on any atom is 0.130 e. The summed E-state index contributed by atoms with van der Waals surface area (Å²) in [5.41, 5.74) is 0.796. The Labute approximate surface area is 97.4 Å². The number of nitrogens with one attached hydrogen (secondary N) is 1. The van der Waals surface area contributed by atoms with E-state index in [0.29, 0.717) is 5.56 Å². The van der Waals surface area contributed by atoms with Gasteiger partial charge in [0.25, 0.3) is 0 Å². The van der Waals surface area contributed by atoms with Crippen LogP contribution in [0, 0.1) is 5.82 Å². The number of halogens is 1. The topological polar surface area (TPSA) is 12.0 Å². The molecule has 0 aliphatic carbocycles. The van der Waals surface area contributed by atoms with Gasteiger partial charge in [0.05, 0.1) is 0 Å². The fourth-order valence-electron chi connectivity index (χ4n) is 1.35. The van der Waals surface area contributed by atoms with Gasteiger partial charge in [-0.1, -0.05) is 30.4 Å². The number of hydrogen-bond donors (Lipinski definition) is 1. The lowest BCUT2D eigenvalue weighted by molar-refractivity contribution is 0.431. The fourth-order valence-corrected chi connectivity index (χ4v) is 1.35. The first kappa shape index (κ1) is 12.9. The zero-order chi connectivity index (χ0) is 12.0. The molecule has 0 amide bonds. The highest BCUT2D eigenvalue weighted by Crippen LogP contribution is 2.08. The van der Waals surface area contributed by atoms with E-state index in [1.807, 2.05) is 18.2 Å². The van der Waals surface area contributed by atoms with Gasteiger partial charge in [0.15, 0.2) is 0 Å². The molecule has 2 heteroatoms. The van der Waals surface area contributed by atoms with Crippen LogP contribution in [0.2, 0.25) is 0 Å². The maximum atomic E-state index is 13.2. The highest BCUT2D eigenvalue weighted by atomic mass is 19.1. The molecule has 0 aromatic heterocycles. The molecule has 0 atom stereocenters. The Hall–Kier alpha value is -1.15. The molecule has 0 fully saturated rings. The highest BCUT2D eigenvalue weighted by molar-refractivity contribution is 5.49. The Morgan fingerprint density at radius 2 is 1.94 bits per heavy atom. The van der Waals surface area contributed by atoms with Crippen LogP contribution in [-0.2, 0) is 0 Å². The van der Waals surface area contributed by atoms with Crippen LogP contribution in [0.4, 0.5) is 4.39 Å². The zero-order valence-electron chi connectivity index (χ0n) is 10.3. The van der Waals surface area contributed by atoms with Crippen molar-refractivity contribution < 1.29 is 4.39 Å². The van der Waals surface area contributed by atoms with E-state index >= 15 is 0 Å². The van der Waals surface area contributed by atoms with Crippen molar-refractivity contribution in [1.82, 2.24) is 5.32 Å². The summed E-state index contributed by atoms with van der Waals surface area (Å²) in [4.78, 5) is 0. The van der Waals surface area contributed by atoms with Crippen molar-refractivity contribution in [2.45, 2.75) is 32.7 Å². The average Bonchev–Trinajstić information content (AvgIpc) is 2.18. The van der Waals surface area contributed by atoms with Crippen molar-refractivity contribution in [3.63, 3.8) is 0 Å². The van der Waals surface area contributed by atoms with Crippen molar-refractivity contribution in [1.29, 1.82) is 0 Å². The zero-order valence-corrected chi connectivity index (χ0v) is 10.3. The second-order valence-corrected chi connectivity index (χ2v) is 4.89. The minimum absolute atomic E-state index is 0.145. The lowest BCUT2D eigenvalue weighted by atomic mass is 10.1. The van der Waals surface area contributed by atoms with Crippen LogP contribution >= 0.6 is 0 Å². The fraction of sp³-hybridized carbons (Fsp3) is 0.429. The smallest absolute Gasteiger partial charge is 0.130 e. The molecule has 0 unspecified atom stereocenters. The van der Waals surface area contributed by atoms with E-state index in [0.717, 1.165) is 13.0 Å². The summed E-state index contributed by atoms with van der Waals surface area (Å²) in [7, 11) is 0. The molecule has 0 aliphatic rings. The quantitative estimate of drug-likeness (QED) is 0.766. The third-order valence-electron chi connectivity index (χ3n) is 2.17. The molecule has 1 rings (SSSR count). The first-order valence-electron chi connectivity index (χ1n) is 5.65. The monoisotopic (exact) mass is 221 g/mol. The van der Waals surface area contributed by atoms with Gasteiger partial charge in [-0.15, -0.1) is 0 Å². The molecule has 88 valence electrons. The molecule has 1 N–H and O–H groups in total. The second-order valence-electron chi connectivity index (χ2n) is 4.89. The molecule has 0 spiro atoms. The summed E-state index contributed by atoms with van der Waals surface area (Å²) in [6.07, 6.45) is 4.74. The number of rotatable bonds is 4. The summed E-state index contributed by atoms with van der Waals surface area (Å²) in [6, 6.07) is 6.81. The van der Waals surface area contributed by atoms with Crippen molar-refractivity contribution in [3.8, 4) is 0 Å². The van der Waals surface area contributed by atoms with Crippen LogP contribution < -0.4 is 5.32 Å². The molecule has 1 aromatic carbocycles. The lowest BCUT2D eigenvalue weighted by Crippen LogP contribution is -2.36.